The molecular weight excluding hydrogens is 469 g/mol. The van der Waals surface area contributed by atoms with E-state index in [1.165, 1.54) is 0 Å². The number of rotatable bonds is 4. The fraction of sp³-hybridized carbons (Fsp3) is 0.385. The smallest absolute Gasteiger partial charge is 0.275 e. The number of carbonyl (C=O) groups is 1. The lowest BCUT2D eigenvalue weighted by molar-refractivity contribution is 0.0503. The molecule has 5 rings (SSSR count). The summed E-state index contributed by atoms with van der Waals surface area (Å²) in [4.78, 5) is 20.5. The highest BCUT2D eigenvalue weighted by Crippen LogP contribution is 2.41. The van der Waals surface area contributed by atoms with Crippen molar-refractivity contribution in [2.45, 2.75) is 59.0 Å². The summed E-state index contributed by atoms with van der Waals surface area (Å²) in [6.07, 6.45) is 3.38. The second-order valence-electron chi connectivity index (χ2n) is 9.34. The summed E-state index contributed by atoms with van der Waals surface area (Å²) in [7, 11) is 1.69. The molecule has 1 aromatic carbocycles. The topological polar surface area (TPSA) is 68.3 Å². The van der Waals surface area contributed by atoms with Crippen molar-refractivity contribution in [3.8, 4) is 11.3 Å². The maximum absolute atomic E-state index is 14.1. The van der Waals surface area contributed by atoms with Gasteiger partial charge in [-0.25, -0.2) is 22.7 Å². The van der Waals surface area contributed by atoms with Crippen molar-refractivity contribution >= 4 is 11.6 Å². The van der Waals surface area contributed by atoms with Gasteiger partial charge in [-0.15, -0.1) is 0 Å². The van der Waals surface area contributed by atoms with E-state index < -0.39 is 17.5 Å². The number of aryl methyl sites for hydroxylation is 3. The monoisotopic (exact) mass is 496 g/mol. The number of halogens is 3. The molecule has 4 heterocycles. The van der Waals surface area contributed by atoms with Crippen LogP contribution in [0.1, 0.15) is 65.7 Å². The molecule has 0 bridgehead atoms. The number of amides is 1. The standard InChI is InChI=1S/C26H27F3N6O/c1-6-16-11-17-23(32-33(5)25(17)15-9-18(27)22(29)19(28)10-15)20(7-2)34(16)26(36)24-14(4)31-21-8-13(3)12-30-35(21)24/h8-10,12,16,20H,6-7,11H2,1-5H3. The number of aromatic nitrogens is 5. The van der Waals surface area contributed by atoms with E-state index in [0.29, 0.717) is 47.7 Å². The molecule has 0 radical (unpaired) electrons. The molecule has 10 heteroatoms. The first-order valence-corrected chi connectivity index (χ1v) is 12.0. The third kappa shape index (κ3) is 3.58. The number of hydrogen-bond acceptors (Lipinski definition) is 4. The van der Waals surface area contributed by atoms with Crippen LogP contribution < -0.4 is 0 Å². The predicted molar refractivity (Wildman–Crippen MR) is 128 cm³/mol. The number of fused-ring (bicyclic) bond motifs is 2. The van der Waals surface area contributed by atoms with Crippen LogP contribution in [0.5, 0.6) is 0 Å². The van der Waals surface area contributed by atoms with E-state index in [1.807, 2.05) is 31.7 Å². The minimum absolute atomic E-state index is 0.188. The van der Waals surface area contributed by atoms with Gasteiger partial charge in [-0.3, -0.25) is 9.48 Å². The number of nitrogens with zero attached hydrogens (tertiary/aromatic N) is 6. The molecule has 2 unspecified atom stereocenters. The summed E-state index contributed by atoms with van der Waals surface area (Å²) in [5.41, 5.74) is 4.77. The number of benzene rings is 1. The van der Waals surface area contributed by atoms with E-state index >= 15 is 0 Å². The van der Waals surface area contributed by atoms with Crippen LogP contribution in [0.3, 0.4) is 0 Å². The van der Waals surface area contributed by atoms with Gasteiger partial charge in [0.25, 0.3) is 5.91 Å². The molecule has 36 heavy (non-hydrogen) atoms. The van der Waals surface area contributed by atoms with Gasteiger partial charge in [0.2, 0.25) is 0 Å². The van der Waals surface area contributed by atoms with E-state index in [-0.39, 0.29) is 23.6 Å². The lowest BCUT2D eigenvalue weighted by Gasteiger charge is -2.41. The molecule has 0 spiro atoms. The zero-order chi connectivity index (χ0) is 25.9. The van der Waals surface area contributed by atoms with Gasteiger partial charge in [0.05, 0.1) is 29.3 Å². The van der Waals surface area contributed by atoms with E-state index in [2.05, 4.69) is 15.2 Å². The third-order valence-corrected chi connectivity index (χ3v) is 7.00. The van der Waals surface area contributed by atoms with Crippen LogP contribution in [-0.4, -0.2) is 41.2 Å². The van der Waals surface area contributed by atoms with Crippen molar-refractivity contribution in [1.29, 1.82) is 0 Å². The molecule has 7 nitrogen and oxygen atoms in total. The van der Waals surface area contributed by atoms with Gasteiger partial charge in [0, 0.05) is 24.2 Å². The van der Waals surface area contributed by atoms with Gasteiger partial charge in [-0.05, 0) is 56.9 Å². The predicted octanol–water partition coefficient (Wildman–Crippen LogP) is 5.09. The zero-order valence-electron chi connectivity index (χ0n) is 20.8. The fourth-order valence-electron chi connectivity index (χ4n) is 5.38. The van der Waals surface area contributed by atoms with E-state index in [9.17, 15) is 18.0 Å². The number of imidazole rings is 1. The largest absolute Gasteiger partial charge is 0.325 e. The molecular formula is C26H27F3N6O. The van der Waals surface area contributed by atoms with Crippen LogP contribution in [0, 0.1) is 31.3 Å². The highest BCUT2D eigenvalue weighted by Gasteiger charge is 2.41. The first-order chi connectivity index (χ1) is 17.2. The van der Waals surface area contributed by atoms with E-state index in [1.54, 1.807) is 29.4 Å². The number of hydrogen-bond donors (Lipinski definition) is 0. The minimum atomic E-state index is -1.50. The van der Waals surface area contributed by atoms with Gasteiger partial charge in [0.15, 0.2) is 28.8 Å². The maximum atomic E-state index is 14.1. The van der Waals surface area contributed by atoms with Gasteiger partial charge in [0.1, 0.15) is 0 Å². The summed E-state index contributed by atoms with van der Waals surface area (Å²) in [5.74, 6) is -4.20. The van der Waals surface area contributed by atoms with E-state index in [4.69, 9.17) is 0 Å². The van der Waals surface area contributed by atoms with Crippen LogP contribution in [0.25, 0.3) is 16.9 Å². The molecule has 3 aromatic heterocycles. The molecule has 0 saturated heterocycles. The second-order valence-corrected chi connectivity index (χ2v) is 9.34. The SMILES string of the molecule is CCC1Cc2c(nn(C)c2-c2cc(F)c(F)c(F)c2)C(CC)N1C(=O)c1c(C)nc2cc(C)cnn12. The highest BCUT2D eigenvalue weighted by molar-refractivity contribution is 5.95. The van der Waals surface area contributed by atoms with Gasteiger partial charge in [-0.1, -0.05) is 13.8 Å². The van der Waals surface area contributed by atoms with Crippen LogP contribution in [0.2, 0.25) is 0 Å². The first-order valence-electron chi connectivity index (χ1n) is 12.0. The average molecular weight is 497 g/mol. The molecule has 1 aliphatic rings. The normalized spacial score (nSPS) is 17.6. The Morgan fingerprint density at radius 3 is 2.42 bits per heavy atom. The van der Waals surface area contributed by atoms with Crippen LogP contribution in [0.4, 0.5) is 13.2 Å². The summed E-state index contributed by atoms with van der Waals surface area (Å²) in [6, 6.07) is 3.31. The molecule has 1 aliphatic heterocycles. The third-order valence-electron chi connectivity index (χ3n) is 7.00. The average Bonchev–Trinajstić information content (AvgIpc) is 3.34. The Kier molecular flexibility index (Phi) is 5.84. The van der Waals surface area contributed by atoms with Crippen molar-refractivity contribution in [2.75, 3.05) is 0 Å². The summed E-state index contributed by atoms with van der Waals surface area (Å²) < 4.78 is 44.9. The summed E-state index contributed by atoms with van der Waals surface area (Å²) in [6.45, 7) is 7.69. The minimum Gasteiger partial charge on any atom is -0.325 e. The number of carbonyl (C=O) groups excluding carboxylic acids is 1. The molecule has 1 amide bonds. The lowest BCUT2D eigenvalue weighted by atomic mass is 9.87. The van der Waals surface area contributed by atoms with Crippen molar-refractivity contribution in [2.24, 2.45) is 7.05 Å². The zero-order valence-corrected chi connectivity index (χ0v) is 20.8. The molecule has 0 N–H and O–H groups in total. The molecule has 0 aliphatic carbocycles. The Bertz CT molecular complexity index is 1480. The molecule has 2 atom stereocenters. The van der Waals surface area contributed by atoms with Gasteiger partial charge >= 0.3 is 0 Å². The van der Waals surface area contributed by atoms with Crippen LogP contribution in [0.15, 0.2) is 24.4 Å². The maximum Gasteiger partial charge on any atom is 0.275 e. The summed E-state index contributed by atoms with van der Waals surface area (Å²) >= 11 is 0. The molecule has 0 saturated carbocycles. The fourth-order valence-corrected chi connectivity index (χ4v) is 5.38. The molecule has 0 fully saturated rings. The van der Waals surface area contributed by atoms with Crippen molar-refractivity contribution in [1.82, 2.24) is 29.3 Å². The lowest BCUT2D eigenvalue weighted by Crippen LogP contribution is -2.47. The quantitative estimate of drug-likeness (QED) is 0.369. The van der Waals surface area contributed by atoms with Crippen molar-refractivity contribution in [3.63, 3.8) is 0 Å². The Morgan fingerprint density at radius 2 is 1.78 bits per heavy atom. The van der Waals surface area contributed by atoms with Crippen LogP contribution in [-0.2, 0) is 13.5 Å². The van der Waals surface area contributed by atoms with Crippen molar-refractivity contribution in [3.05, 3.63) is 70.1 Å². The van der Waals surface area contributed by atoms with E-state index in [0.717, 1.165) is 23.3 Å². The Hall–Kier alpha value is -3.69. The summed E-state index contributed by atoms with van der Waals surface area (Å²) in [5, 5.41) is 9.12. The first kappa shape index (κ1) is 24.0. The molecule has 4 aromatic rings. The Labute approximate surface area is 206 Å². The Morgan fingerprint density at radius 1 is 1.08 bits per heavy atom. The Balaban J connectivity index is 1.64. The van der Waals surface area contributed by atoms with Gasteiger partial charge < -0.3 is 4.90 Å². The second kappa shape index (κ2) is 8.76. The van der Waals surface area contributed by atoms with Crippen molar-refractivity contribution < 1.29 is 18.0 Å². The van der Waals surface area contributed by atoms with Gasteiger partial charge in [-0.2, -0.15) is 10.2 Å². The highest BCUT2D eigenvalue weighted by atomic mass is 19.2. The van der Waals surface area contributed by atoms with Crippen LogP contribution >= 0.6 is 0 Å². The molecule has 188 valence electrons.